The zero-order valence-corrected chi connectivity index (χ0v) is 17.0. The highest BCUT2D eigenvalue weighted by Crippen LogP contribution is 2.17. The monoisotopic (exact) mass is 376 g/mol. The Labute approximate surface area is 164 Å². The second-order valence-electron chi connectivity index (χ2n) is 7.49. The van der Waals surface area contributed by atoms with Gasteiger partial charge in [-0.3, -0.25) is 10.2 Å². The lowest BCUT2D eigenvalue weighted by Gasteiger charge is -2.28. The van der Waals surface area contributed by atoms with Crippen LogP contribution >= 0.6 is 0 Å². The van der Waals surface area contributed by atoms with Gasteiger partial charge in [-0.1, -0.05) is 39.0 Å². The van der Waals surface area contributed by atoms with Gasteiger partial charge in [-0.15, -0.1) is 0 Å². The van der Waals surface area contributed by atoms with Crippen molar-refractivity contribution in [2.24, 2.45) is 0 Å². The molecule has 1 heterocycles. The molecule has 1 atom stereocenters. The first kappa shape index (κ1) is 21.5. The first-order valence-electron chi connectivity index (χ1n) is 10.6. The van der Waals surface area contributed by atoms with E-state index in [1.54, 1.807) is 0 Å². The molecule has 1 fully saturated rings. The van der Waals surface area contributed by atoms with E-state index < -0.39 is 6.09 Å². The Morgan fingerprint density at radius 2 is 1.78 bits per heavy atom. The van der Waals surface area contributed by atoms with Gasteiger partial charge in [0, 0.05) is 12.2 Å². The van der Waals surface area contributed by atoms with Gasteiger partial charge in [-0.2, -0.15) is 0 Å². The van der Waals surface area contributed by atoms with E-state index in [2.05, 4.69) is 17.1 Å². The number of piperidine rings is 1. The van der Waals surface area contributed by atoms with Crippen molar-refractivity contribution in [3.63, 3.8) is 0 Å². The molecule has 27 heavy (non-hydrogen) atoms. The maximum atomic E-state index is 12.1. The lowest BCUT2D eigenvalue weighted by molar-refractivity contribution is 0.0833. The number of carbonyl (C=O) groups is 1. The minimum Gasteiger partial charge on any atom is -0.494 e. The van der Waals surface area contributed by atoms with Gasteiger partial charge in [0.2, 0.25) is 0 Å². The maximum Gasteiger partial charge on any atom is 0.411 e. The number of anilines is 1. The highest BCUT2D eigenvalue weighted by Gasteiger charge is 2.16. The van der Waals surface area contributed by atoms with E-state index in [4.69, 9.17) is 9.47 Å². The number of unbranched alkanes of at least 4 members (excludes halogenated alkanes) is 4. The van der Waals surface area contributed by atoms with Crippen LogP contribution in [0, 0.1) is 0 Å². The van der Waals surface area contributed by atoms with Crippen molar-refractivity contribution in [2.45, 2.75) is 71.3 Å². The lowest BCUT2D eigenvalue weighted by atomic mass is 10.1. The standard InChI is InChI=1S/C22H36N2O3/c1-3-4-5-6-10-17-26-21-13-11-20(12-14-21)23-22(25)27-19(2)18-24-15-8-7-9-16-24/h11-14,19H,3-10,15-18H2,1-2H3,(H,23,25)/t19-/m0/s1. The number of amides is 1. The van der Waals surface area contributed by atoms with Gasteiger partial charge in [0.05, 0.1) is 6.61 Å². The quantitative estimate of drug-likeness (QED) is 0.521. The largest absolute Gasteiger partial charge is 0.494 e. The molecule has 0 saturated carbocycles. The van der Waals surface area contributed by atoms with Crippen molar-refractivity contribution in [3.8, 4) is 5.75 Å². The number of rotatable bonds is 11. The van der Waals surface area contributed by atoms with Crippen LogP contribution < -0.4 is 10.1 Å². The molecule has 1 aromatic carbocycles. The summed E-state index contributed by atoms with van der Waals surface area (Å²) in [5.74, 6) is 0.836. The summed E-state index contributed by atoms with van der Waals surface area (Å²) in [6.45, 7) is 7.93. The summed E-state index contributed by atoms with van der Waals surface area (Å²) < 4.78 is 11.2. The predicted octanol–water partition coefficient (Wildman–Crippen LogP) is 5.46. The first-order chi connectivity index (χ1) is 13.2. The summed E-state index contributed by atoms with van der Waals surface area (Å²) in [6.07, 6.45) is 9.42. The summed E-state index contributed by atoms with van der Waals surface area (Å²) in [7, 11) is 0. The lowest BCUT2D eigenvalue weighted by Crippen LogP contribution is -2.37. The van der Waals surface area contributed by atoms with Gasteiger partial charge in [0.15, 0.2) is 0 Å². The number of nitrogens with zero attached hydrogens (tertiary/aromatic N) is 1. The summed E-state index contributed by atoms with van der Waals surface area (Å²) in [5.41, 5.74) is 0.723. The Balaban J connectivity index is 1.63. The third-order valence-corrected chi connectivity index (χ3v) is 4.89. The molecule has 5 nitrogen and oxygen atoms in total. The fourth-order valence-electron chi connectivity index (χ4n) is 3.40. The average Bonchev–Trinajstić information content (AvgIpc) is 2.66. The molecule has 5 heteroatoms. The van der Waals surface area contributed by atoms with Crippen LogP contribution in [0.1, 0.15) is 65.2 Å². The van der Waals surface area contributed by atoms with Crippen molar-refractivity contribution < 1.29 is 14.3 Å². The Bertz CT molecular complexity index is 527. The predicted molar refractivity (Wildman–Crippen MR) is 111 cm³/mol. The van der Waals surface area contributed by atoms with E-state index in [0.29, 0.717) is 0 Å². The van der Waals surface area contributed by atoms with Gasteiger partial charge in [0.1, 0.15) is 11.9 Å². The Morgan fingerprint density at radius 3 is 2.48 bits per heavy atom. The Hall–Kier alpha value is -1.75. The van der Waals surface area contributed by atoms with E-state index >= 15 is 0 Å². The topological polar surface area (TPSA) is 50.8 Å². The van der Waals surface area contributed by atoms with E-state index in [0.717, 1.165) is 44.1 Å². The number of carbonyl (C=O) groups excluding carboxylic acids is 1. The van der Waals surface area contributed by atoms with Gasteiger partial charge in [-0.25, -0.2) is 4.79 Å². The minimum absolute atomic E-state index is 0.113. The number of hydrogen-bond acceptors (Lipinski definition) is 4. The number of benzene rings is 1. The van der Waals surface area contributed by atoms with Crippen molar-refractivity contribution in [1.29, 1.82) is 0 Å². The van der Waals surface area contributed by atoms with Gasteiger partial charge >= 0.3 is 6.09 Å². The smallest absolute Gasteiger partial charge is 0.411 e. The molecular weight excluding hydrogens is 340 g/mol. The summed E-state index contributed by atoms with van der Waals surface area (Å²) in [6, 6.07) is 7.48. The molecule has 0 unspecified atom stereocenters. The molecule has 1 aliphatic heterocycles. The second kappa shape index (κ2) is 12.6. The van der Waals surface area contributed by atoms with E-state index in [1.807, 2.05) is 31.2 Å². The van der Waals surface area contributed by atoms with Crippen LogP contribution in [-0.4, -0.2) is 43.3 Å². The van der Waals surface area contributed by atoms with Crippen molar-refractivity contribution in [2.75, 3.05) is 31.6 Å². The van der Waals surface area contributed by atoms with Crippen LogP contribution in [0.5, 0.6) is 5.75 Å². The molecule has 2 rings (SSSR count). The van der Waals surface area contributed by atoms with Gasteiger partial charge in [0.25, 0.3) is 0 Å². The molecule has 1 N–H and O–H groups in total. The Morgan fingerprint density at radius 1 is 1.07 bits per heavy atom. The maximum absolute atomic E-state index is 12.1. The van der Waals surface area contributed by atoms with Crippen LogP contribution in [0.25, 0.3) is 0 Å². The van der Waals surface area contributed by atoms with Crippen LogP contribution in [-0.2, 0) is 4.74 Å². The zero-order valence-electron chi connectivity index (χ0n) is 17.0. The van der Waals surface area contributed by atoms with Crippen molar-refractivity contribution >= 4 is 11.8 Å². The molecule has 1 aliphatic rings. The van der Waals surface area contributed by atoms with E-state index in [9.17, 15) is 4.79 Å². The fraction of sp³-hybridized carbons (Fsp3) is 0.682. The van der Waals surface area contributed by atoms with Crippen molar-refractivity contribution in [1.82, 2.24) is 4.90 Å². The molecule has 0 aromatic heterocycles. The summed E-state index contributed by atoms with van der Waals surface area (Å²) in [5, 5.41) is 2.79. The second-order valence-corrected chi connectivity index (χ2v) is 7.49. The van der Waals surface area contributed by atoms with Gasteiger partial charge in [-0.05, 0) is 63.5 Å². The fourth-order valence-corrected chi connectivity index (χ4v) is 3.40. The molecule has 1 amide bonds. The van der Waals surface area contributed by atoms with Crippen LogP contribution in [0.2, 0.25) is 0 Å². The van der Waals surface area contributed by atoms with Crippen LogP contribution in [0.4, 0.5) is 10.5 Å². The molecular formula is C22H36N2O3. The number of ether oxygens (including phenoxy) is 2. The number of likely N-dealkylation sites (tertiary alicyclic amines) is 1. The number of hydrogen-bond donors (Lipinski definition) is 1. The zero-order chi connectivity index (χ0) is 19.3. The normalized spacial score (nSPS) is 15.9. The van der Waals surface area contributed by atoms with Crippen LogP contribution in [0.15, 0.2) is 24.3 Å². The average molecular weight is 377 g/mol. The highest BCUT2D eigenvalue weighted by molar-refractivity contribution is 5.84. The highest BCUT2D eigenvalue weighted by atomic mass is 16.6. The first-order valence-corrected chi connectivity index (χ1v) is 10.6. The summed E-state index contributed by atoms with van der Waals surface area (Å²) >= 11 is 0. The molecule has 0 radical (unpaired) electrons. The Kier molecular flexibility index (Phi) is 10.1. The SMILES string of the molecule is CCCCCCCOc1ccc(NC(=O)O[C@@H](C)CN2CCCCC2)cc1. The van der Waals surface area contributed by atoms with Gasteiger partial charge < -0.3 is 9.47 Å². The molecule has 1 saturated heterocycles. The molecule has 0 bridgehead atoms. The number of nitrogens with one attached hydrogen (secondary N) is 1. The van der Waals surface area contributed by atoms with Crippen molar-refractivity contribution in [3.05, 3.63) is 24.3 Å². The molecule has 1 aromatic rings. The van der Waals surface area contributed by atoms with E-state index in [-0.39, 0.29) is 6.10 Å². The van der Waals surface area contributed by atoms with E-state index in [1.165, 1.54) is 44.9 Å². The molecule has 0 spiro atoms. The van der Waals surface area contributed by atoms with Crippen LogP contribution in [0.3, 0.4) is 0 Å². The third kappa shape index (κ3) is 9.14. The minimum atomic E-state index is -0.399. The molecule has 152 valence electrons. The third-order valence-electron chi connectivity index (χ3n) is 4.89. The summed E-state index contributed by atoms with van der Waals surface area (Å²) in [4.78, 5) is 14.4. The molecule has 0 aliphatic carbocycles.